The standard InChI is InChI=1S/C19H25FN4O3S/c1-13-18(14(2)24(22-13)17-7-8-28(26,27)12-17)10-23(3)11-19(25)21-16-6-4-5-15(20)9-16/h4-6,9,17H,7-8,10-12H2,1-3H3,(H,21,25)/p+1/t17-/m0/s1. The molecule has 152 valence electrons. The molecular formula is C19H26FN4O3S+. The van der Waals surface area contributed by atoms with Crippen LogP contribution in [0.1, 0.15) is 29.4 Å². The van der Waals surface area contributed by atoms with Crippen molar-refractivity contribution in [3.8, 4) is 0 Å². The third-order valence-corrected chi connectivity index (χ3v) is 6.83. The predicted molar refractivity (Wildman–Crippen MR) is 104 cm³/mol. The van der Waals surface area contributed by atoms with E-state index in [1.54, 1.807) is 12.1 Å². The largest absolute Gasteiger partial charge is 0.326 e. The number of sulfone groups is 1. The maximum Gasteiger partial charge on any atom is 0.279 e. The van der Waals surface area contributed by atoms with Gasteiger partial charge in [-0.1, -0.05) is 6.07 Å². The Balaban J connectivity index is 1.64. The van der Waals surface area contributed by atoms with Crippen molar-refractivity contribution < 1.29 is 22.5 Å². The van der Waals surface area contributed by atoms with Gasteiger partial charge < -0.3 is 10.2 Å². The molecule has 3 rings (SSSR count). The monoisotopic (exact) mass is 409 g/mol. The number of anilines is 1. The molecule has 1 aromatic carbocycles. The van der Waals surface area contributed by atoms with E-state index in [4.69, 9.17) is 0 Å². The summed E-state index contributed by atoms with van der Waals surface area (Å²) in [5, 5.41) is 7.26. The van der Waals surface area contributed by atoms with Crippen molar-refractivity contribution in [3.05, 3.63) is 47.0 Å². The summed E-state index contributed by atoms with van der Waals surface area (Å²) in [6, 6.07) is 5.68. The van der Waals surface area contributed by atoms with E-state index in [0.717, 1.165) is 21.9 Å². The molecule has 1 amide bonds. The maximum atomic E-state index is 13.2. The number of halogens is 1. The molecule has 1 aliphatic heterocycles. The van der Waals surface area contributed by atoms with Gasteiger partial charge in [0.2, 0.25) is 0 Å². The number of quaternary nitrogens is 1. The van der Waals surface area contributed by atoms with Gasteiger partial charge >= 0.3 is 0 Å². The number of aryl methyl sites for hydroxylation is 1. The van der Waals surface area contributed by atoms with Gasteiger partial charge in [-0.05, 0) is 38.5 Å². The van der Waals surface area contributed by atoms with E-state index in [9.17, 15) is 17.6 Å². The van der Waals surface area contributed by atoms with Gasteiger partial charge in [-0.15, -0.1) is 0 Å². The average Bonchev–Trinajstić information content (AvgIpc) is 3.08. The van der Waals surface area contributed by atoms with E-state index in [2.05, 4.69) is 10.4 Å². The second-order valence-corrected chi connectivity index (χ2v) is 9.75. The van der Waals surface area contributed by atoms with Crippen LogP contribution in [0, 0.1) is 19.7 Å². The number of amides is 1. The molecule has 1 unspecified atom stereocenters. The van der Waals surface area contributed by atoms with E-state index in [0.29, 0.717) is 18.7 Å². The fraction of sp³-hybridized carbons (Fsp3) is 0.474. The Morgan fingerprint density at radius 2 is 2.14 bits per heavy atom. The zero-order valence-electron chi connectivity index (χ0n) is 16.3. The minimum absolute atomic E-state index is 0.117. The summed E-state index contributed by atoms with van der Waals surface area (Å²) in [7, 11) is -1.08. The van der Waals surface area contributed by atoms with Gasteiger partial charge in [-0.2, -0.15) is 5.10 Å². The molecule has 0 aliphatic carbocycles. The van der Waals surface area contributed by atoms with E-state index in [1.165, 1.54) is 12.1 Å². The minimum Gasteiger partial charge on any atom is -0.326 e. The van der Waals surface area contributed by atoms with Crippen LogP contribution >= 0.6 is 0 Å². The number of carbonyl (C=O) groups excluding carboxylic acids is 1. The molecule has 1 aromatic heterocycles. The zero-order valence-corrected chi connectivity index (χ0v) is 17.1. The number of likely N-dealkylation sites (N-methyl/N-ethyl adjacent to an activating group) is 1. The highest BCUT2D eigenvalue weighted by Gasteiger charge is 2.31. The second kappa shape index (κ2) is 8.00. The topological polar surface area (TPSA) is 85.5 Å². The van der Waals surface area contributed by atoms with Gasteiger partial charge in [0.05, 0.1) is 35.9 Å². The molecule has 0 spiro atoms. The maximum absolute atomic E-state index is 13.2. The van der Waals surface area contributed by atoms with Gasteiger partial charge in [0.1, 0.15) is 12.4 Å². The number of hydrogen-bond acceptors (Lipinski definition) is 4. The number of benzene rings is 1. The van der Waals surface area contributed by atoms with E-state index < -0.39 is 15.7 Å². The molecule has 0 bridgehead atoms. The van der Waals surface area contributed by atoms with Crippen molar-refractivity contribution in [2.45, 2.75) is 32.9 Å². The summed E-state index contributed by atoms with van der Waals surface area (Å²) < 4.78 is 38.6. The van der Waals surface area contributed by atoms with Gasteiger partial charge in [0, 0.05) is 11.4 Å². The van der Waals surface area contributed by atoms with Gasteiger partial charge in [0.25, 0.3) is 5.91 Å². The Kier molecular flexibility index (Phi) is 5.85. The highest BCUT2D eigenvalue weighted by atomic mass is 32.2. The fourth-order valence-electron chi connectivity index (χ4n) is 3.69. The highest BCUT2D eigenvalue weighted by Crippen LogP contribution is 2.26. The van der Waals surface area contributed by atoms with Crippen LogP contribution in [0.3, 0.4) is 0 Å². The average molecular weight is 410 g/mol. The van der Waals surface area contributed by atoms with Crippen LogP contribution in [0.4, 0.5) is 10.1 Å². The third-order valence-electron chi connectivity index (χ3n) is 5.08. The molecule has 0 radical (unpaired) electrons. The summed E-state index contributed by atoms with van der Waals surface area (Å²) in [6.45, 7) is 4.66. The molecule has 2 atom stereocenters. The normalized spacial score (nSPS) is 19.5. The number of carbonyl (C=O) groups is 1. The van der Waals surface area contributed by atoms with Crippen molar-refractivity contribution in [1.82, 2.24) is 9.78 Å². The van der Waals surface area contributed by atoms with Crippen LogP contribution in [-0.4, -0.2) is 49.2 Å². The Morgan fingerprint density at radius 3 is 2.79 bits per heavy atom. The Morgan fingerprint density at radius 1 is 1.39 bits per heavy atom. The number of nitrogens with one attached hydrogen (secondary N) is 2. The molecule has 1 fully saturated rings. The Labute approximate surface area is 164 Å². The lowest BCUT2D eigenvalue weighted by molar-refractivity contribution is -0.885. The Bertz CT molecular complexity index is 987. The minimum atomic E-state index is -2.98. The number of aromatic nitrogens is 2. The first kappa shape index (κ1) is 20.5. The summed E-state index contributed by atoms with van der Waals surface area (Å²) in [4.78, 5) is 13.2. The summed E-state index contributed by atoms with van der Waals surface area (Å²) in [6.07, 6.45) is 0.586. The molecule has 2 heterocycles. The molecule has 1 saturated heterocycles. The van der Waals surface area contributed by atoms with Crippen LogP contribution in [-0.2, 0) is 21.2 Å². The fourth-order valence-corrected chi connectivity index (χ4v) is 5.38. The molecule has 1 aliphatic rings. The molecule has 2 aromatic rings. The van der Waals surface area contributed by atoms with Gasteiger partial charge in [-0.3, -0.25) is 9.48 Å². The lowest BCUT2D eigenvalue weighted by atomic mass is 10.1. The summed E-state index contributed by atoms with van der Waals surface area (Å²) >= 11 is 0. The van der Waals surface area contributed by atoms with Crippen LogP contribution in [0.2, 0.25) is 0 Å². The quantitative estimate of drug-likeness (QED) is 0.734. The lowest BCUT2D eigenvalue weighted by Crippen LogP contribution is -3.08. The van der Waals surface area contributed by atoms with Crippen LogP contribution < -0.4 is 10.2 Å². The van der Waals surface area contributed by atoms with E-state index >= 15 is 0 Å². The van der Waals surface area contributed by atoms with Crippen molar-refractivity contribution >= 4 is 21.4 Å². The number of hydrogen-bond donors (Lipinski definition) is 2. The zero-order chi connectivity index (χ0) is 20.5. The molecule has 28 heavy (non-hydrogen) atoms. The molecule has 0 saturated carbocycles. The second-order valence-electron chi connectivity index (χ2n) is 7.52. The van der Waals surface area contributed by atoms with Crippen molar-refractivity contribution in [3.63, 3.8) is 0 Å². The summed E-state index contributed by atoms with van der Waals surface area (Å²) in [5.74, 6) is -0.261. The summed E-state index contributed by atoms with van der Waals surface area (Å²) in [5.41, 5.74) is 3.26. The SMILES string of the molecule is Cc1nn([C@H]2CCS(=O)(=O)C2)c(C)c1C[NH+](C)CC(=O)Nc1cccc(F)c1. The molecule has 2 N–H and O–H groups in total. The number of rotatable bonds is 6. The molecule has 7 nitrogen and oxygen atoms in total. The van der Waals surface area contributed by atoms with Gasteiger partial charge in [0.15, 0.2) is 16.4 Å². The lowest BCUT2D eigenvalue weighted by Gasteiger charge is -2.15. The van der Waals surface area contributed by atoms with Crippen molar-refractivity contribution in [2.75, 3.05) is 30.4 Å². The first-order chi connectivity index (χ1) is 13.1. The highest BCUT2D eigenvalue weighted by molar-refractivity contribution is 7.91. The van der Waals surface area contributed by atoms with Crippen LogP contribution in [0.15, 0.2) is 24.3 Å². The Hall–Kier alpha value is -2.26. The third kappa shape index (κ3) is 4.77. The first-order valence-electron chi connectivity index (χ1n) is 9.26. The molecule has 9 heteroatoms. The molecular weight excluding hydrogens is 383 g/mol. The van der Waals surface area contributed by atoms with E-state index in [1.807, 2.05) is 25.6 Å². The first-order valence-corrected chi connectivity index (χ1v) is 11.1. The van der Waals surface area contributed by atoms with Gasteiger partial charge in [-0.25, -0.2) is 12.8 Å². The van der Waals surface area contributed by atoms with Crippen LogP contribution in [0.5, 0.6) is 0 Å². The van der Waals surface area contributed by atoms with Crippen LogP contribution in [0.25, 0.3) is 0 Å². The van der Waals surface area contributed by atoms with Crippen molar-refractivity contribution in [2.24, 2.45) is 0 Å². The van der Waals surface area contributed by atoms with Crippen molar-refractivity contribution in [1.29, 1.82) is 0 Å². The predicted octanol–water partition coefficient (Wildman–Crippen LogP) is 0.652. The van der Waals surface area contributed by atoms with E-state index in [-0.39, 0.29) is 30.0 Å². The number of nitrogens with zero attached hydrogens (tertiary/aromatic N) is 2. The smallest absolute Gasteiger partial charge is 0.279 e.